The van der Waals surface area contributed by atoms with Crippen LogP contribution in [0, 0.1) is 0 Å². The van der Waals surface area contributed by atoms with Crippen LogP contribution in [0.15, 0.2) is 28.3 Å². The van der Waals surface area contributed by atoms with Crippen molar-refractivity contribution in [2.24, 2.45) is 10.9 Å². The normalized spacial score (nSPS) is 12.7. The van der Waals surface area contributed by atoms with Gasteiger partial charge in [0, 0.05) is 23.3 Å². The van der Waals surface area contributed by atoms with Gasteiger partial charge in [0.25, 0.3) is 0 Å². The van der Waals surface area contributed by atoms with E-state index in [9.17, 15) is 13.2 Å². The van der Waals surface area contributed by atoms with Crippen molar-refractivity contribution in [2.75, 3.05) is 19.5 Å². The highest BCUT2D eigenvalue weighted by Gasteiger charge is 2.34. The summed E-state index contributed by atoms with van der Waals surface area (Å²) in [5.41, 5.74) is 4.01. The molecule has 0 radical (unpaired) electrons. The van der Waals surface area contributed by atoms with Crippen LogP contribution in [0.25, 0.3) is 0 Å². The number of benzene rings is 1. The van der Waals surface area contributed by atoms with E-state index in [-0.39, 0.29) is 5.56 Å². The molecule has 1 aromatic carbocycles. The molecule has 0 unspecified atom stereocenters. The van der Waals surface area contributed by atoms with Gasteiger partial charge >= 0.3 is 6.18 Å². The maximum atomic E-state index is 12.8. The number of thioether (sulfide) groups is 1. The minimum atomic E-state index is -4.56. The van der Waals surface area contributed by atoms with Crippen molar-refractivity contribution in [3.63, 3.8) is 0 Å². The molecule has 0 aliphatic carbocycles. The van der Waals surface area contributed by atoms with E-state index in [1.807, 2.05) is 0 Å². The van der Waals surface area contributed by atoms with Crippen LogP contribution in [-0.2, 0) is 10.9 Å². The first-order valence-corrected chi connectivity index (χ1v) is 6.19. The predicted octanol–water partition coefficient (Wildman–Crippen LogP) is 2.54. The van der Waals surface area contributed by atoms with Crippen LogP contribution in [0.3, 0.4) is 0 Å². The van der Waals surface area contributed by atoms with E-state index in [1.54, 1.807) is 0 Å². The molecule has 0 heterocycles. The Bertz CT molecular complexity index is 464. The quantitative estimate of drug-likeness (QED) is 0.219. The number of nitrogens with two attached hydrogens (primary N) is 1. The Morgan fingerprint density at radius 3 is 2.68 bits per heavy atom. The molecule has 0 fully saturated rings. The van der Waals surface area contributed by atoms with Gasteiger partial charge in [0.15, 0.2) is 5.84 Å². The second kappa shape index (κ2) is 6.67. The first-order chi connectivity index (χ1) is 8.90. The zero-order chi connectivity index (χ0) is 14.5. The second-order valence-electron chi connectivity index (χ2n) is 3.53. The maximum absolute atomic E-state index is 12.8. The van der Waals surface area contributed by atoms with Gasteiger partial charge in [0.2, 0.25) is 0 Å². The summed E-state index contributed by atoms with van der Waals surface area (Å²) in [6.07, 6.45) is -4.56. The fraction of sp³-hybridized carbons (Fsp3) is 0.364. The molecule has 0 amide bonds. The summed E-state index contributed by atoms with van der Waals surface area (Å²) in [6.45, 7) is 0.477. The lowest BCUT2D eigenvalue weighted by Gasteiger charge is -2.13. The van der Waals surface area contributed by atoms with Gasteiger partial charge in [-0.1, -0.05) is 5.16 Å². The number of hydrogen-bond acceptors (Lipinski definition) is 4. The Labute approximate surface area is 112 Å². The zero-order valence-corrected chi connectivity index (χ0v) is 10.9. The Morgan fingerprint density at radius 2 is 2.16 bits per heavy atom. The molecule has 0 spiro atoms. The molecule has 4 nitrogen and oxygen atoms in total. The fourth-order valence-corrected chi connectivity index (χ4v) is 2.22. The lowest BCUT2D eigenvalue weighted by Crippen LogP contribution is -2.20. The van der Waals surface area contributed by atoms with Crippen molar-refractivity contribution in [2.45, 2.75) is 11.1 Å². The van der Waals surface area contributed by atoms with Crippen molar-refractivity contribution < 1.29 is 23.1 Å². The van der Waals surface area contributed by atoms with Crippen molar-refractivity contribution in [1.82, 2.24) is 0 Å². The summed E-state index contributed by atoms with van der Waals surface area (Å²) < 4.78 is 43.1. The molecule has 1 aromatic rings. The Hall–Kier alpha value is -1.41. The van der Waals surface area contributed by atoms with Gasteiger partial charge in [-0.15, -0.1) is 11.8 Å². The predicted molar refractivity (Wildman–Crippen MR) is 66.6 cm³/mol. The number of nitrogens with zero attached hydrogens (tertiary/aromatic N) is 1. The van der Waals surface area contributed by atoms with Crippen LogP contribution in [-0.4, -0.2) is 30.5 Å². The molecule has 8 heteroatoms. The number of hydrogen-bond donors (Lipinski definition) is 2. The largest absolute Gasteiger partial charge is 0.417 e. The van der Waals surface area contributed by atoms with Gasteiger partial charge in [0.1, 0.15) is 0 Å². The number of amidine groups is 1. The third kappa shape index (κ3) is 4.32. The molecule has 1 rings (SSSR count). The summed E-state index contributed by atoms with van der Waals surface area (Å²) >= 11 is 1.32. The lowest BCUT2D eigenvalue weighted by atomic mass is 10.1. The third-order valence-corrected chi connectivity index (χ3v) is 3.19. The number of methoxy groups -OCH3 is 1. The summed E-state index contributed by atoms with van der Waals surface area (Å²) in [4.78, 5) is 0.589. The standard InChI is InChI=1S/C11H13F3N2O2S/c1-18-4-5-19-7-2-3-9(11(12,13)14)8(6-7)10(15)16-17/h2-3,6,17H,4-5H2,1H3,(H2,15,16). The molecule has 0 bridgehead atoms. The van der Waals surface area contributed by atoms with Crippen LogP contribution in [0.5, 0.6) is 0 Å². The van der Waals surface area contributed by atoms with E-state index in [1.165, 1.54) is 31.0 Å². The average Bonchev–Trinajstić information content (AvgIpc) is 2.36. The van der Waals surface area contributed by atoms with Gasteiger partial charge in [-0.25, -0.2) is 0 Å². The Kier molecular flexibility index (Phi) is 5.49. The van der Waals surface area contributed by atoms with Gasteiger partial charge in [0.05, 0.1) is 12.2 Å². The van der Waals surface area contributed by atoms with Crippen LogP contribution in [0.1, 0.15) is 11.1 Å². The minimum absolute atomic E-state index is 0.336. The first-order valence-electron chi connectivity index (χ1n) is 5.21. The molecule has 0 aliphatic rings. The first kappa shape index (κ1) is 15.6. The number of oxime groups is 1. The van der Waals surface area contributed by atoms with Crippen LogP contribution < -0.4 is 5.73 Å². The summed E-state index contributed by atoms with van der Waals surface area (Å²) in [5.74, 6) is 0.0267. The van der Waals surface area contributed by atoms with E-state index in [2.05, 4.69) is 5.16 Å². The summed E-state index contributed by atoms with van der Waals surface area (Å²) in [5, 5.41) is 11.2. The highest BCUT2D eigenvalue weighted by atomic mass is 32.2. The number of alkyl halides is 3. The topological polar surface area (TPSA) is 67.8 Å². The van der Waals surface area contributed by atoms with E-state index >= 15 is 0 Å². The van der Waals surface area contributed by atoms with Gasteiger partial charge in [-0.2, -0.15) is 13.2 Å². The van der Waals surface area contributed by atoms with E-state index in [4.69, 9.17) is 15.7 Å². The van der Waals surface area contributed by atoms with Gasteiger partial charge in [-0.3, -0.25) is 0 Å². The summed E-state index contributed by atoms with van der Waals surface area (Å²) in [7, 11) is 1.54. The highest BCUT2D eigenvalue weighted by Crippen LogP contribution is 2.34. The molecule has 0 atom stereocenters. The van der Waals surface area contributed by atoms with Crippen molar-refractivity contribution >= 4 is 17.6 Å². The highest BCUT2D eigenvalue weighted by molar-refractivity contribution is 7.99. The maximum Gasteiger partial charge on any atom is 0.417 e. The minimum Gasteiger partial charge on any atom is -0.409 e. The SMILES string of the molecule is COCCSc1ccc(C(F)(F)F)c(/C(N)=N/O)c1. The average molecular weight is 294 g/mol. The van der Waals surface area contributed by atoms with Gasteiger partial charge in [-0.05, 0) is 18.2 Å². The van der Waals surface area contributed by atoms with Crippen LogP contribution >= 0.6 is 11.8 Å². The van der Waals surface area contributed by atoms with Crippen molar-refractivity contribution in [3.05, 3.63) is 29.3 Å². The molecule has 3 N–H and O–H groups in total. The Balaban J connectivity index is 3.09. The number of halogens is 3. The van der Waals surface area contributed by atoms with Crippen LogP contribution in [0.2, 0.25) is 0 Å². The second-order valence-corrected chi connectivity index (χ2v) is 4.70. The summed E-state index contributed by atoms with van der Waals surface area (Å²) in [6, 6.07) is 3.51. The van der Waals surface area contributed by atoms with E-state index < -0.39 is 17.6 Å². The molecular formula is C11H13F3N2O2S. The smallest absolute Gasteiger partial charge is 0.409 e. The Morgan fingerprint density at radius 1 is 1.47 bits per heavy atom. The molecule has 0 saturated carbocycles. The van der Waals surface area contributed by atoms with E-state index in [0.29, 0.717) is 17.3 Å². The number of rotatable bonds is 5. The molecule has 106 valence electrons. The van der Waals surface area contributed by atoms with E-state index in [0.717, 1.165) is 6.07 Å². The molecule has 0 aliphatic heterocycles. The zero-order valence-electron chi connectivity index (χ0n) is 10.1. The van der Waals surface area contributed by atoms with Gasteiger partial charge < -0.3 is 15.7 Å². The van der Waals surface area contributed by atoms with Crippen molar-refractivity contribution in [1.29, 1.82) is 0 Å². The lowest BCUT2D eigenvalue weighted by molar-refractivity contribution is -0.137. The fourth-order valence-electron chi connectivity index (χ4n) is 1.37. The van der Waals surface area contributed by atoms with Crippen molar-refractivity contribution in [3.8, 4) is 0 Å². The third-order valence-electron chi connectivity index (χ3n) is 2.24. The molecule has 0 saturated heterocycles. The monoisotopic (exact) mass is 294 g/mol. The molecular weight excluding hydrogens is 281 g/mol. The molecule has 19 heavy (non-hydrogen) atoms. The molecule has 0 aromatic heterocycles. The number of ether oxygens (including phenoxy) is 1. The van der Waals surface area contributed by atoms with Crippen LogP contribution in [0.4, 0.5) is 13.2 Å².